The molecule has 12 nitrogen and oxygen atoms in total. The molecule has 1 atom stereocenters. The second-order valence-corrected chi connectivity index (χ2v) is 16.8. The fraction of sp³-hybridized carbons (Fsp3) is 0.435. The van der Waals surface area contributed by atoms with E-state index in [-0.39, 0.29) is 68.5 Å². The summed E-state index contributed by atoms with van der Waals surface area (Å²) in [6.45, 7) is 0.450. The largest absolute Gasteiger partial charge is 0.483 e. The molecule has 1 saturated carbocycles. The molecular weight excluding hydrogens is 803 g/mol. The maximum absolute atomic E-state index is 14.1. The van der Waals surface area contributed by atoms with Gasteiger partial charge in [0.05, 0.1) is 12.1 Å². The van der Waals surface area contributed by atoms with Gasteiger partial charge in [0.1, 0.15) is 16.8 Å². The number of ether oxygens (including phenoxy) is 1. The van der Waals surface area contributed by atoms with Gasteiger partial charge in [-0.15, -0.1) is 0 Å². The van der Waals surface area contributed by atoms with Crippen molar-refractivity contribution >= 4 is 63.3 Å². The van der Waals surface area contributed by atoms with Crippen LogP contribution in [0.4, 0.5) is 14.5 Å². The van der Waals surface area contributed by atoms with Crippen molar-refractivity contribution in [3.63, 3.8) is 0 Å². The Morgan fingerprint density at radius 2 is 1.64 bits per heavy atom. The van der Waals surface area contributed by atoms with Gasteiger partial charge in [0.2, 0.25) is 17.7 Å². The number of benzene rings is 3. The number of likely N-dealkylation sites (tertiary alicyclic amines) is 1. The number of nitrogens with zero attached hydrogens (tertiary/aromatic N) is 3. The van der Waals surface area contributed by atoms with Crippen LogP contribution in [0.25, 0.3) is 22.0 Å². The Morgan fingerprint density at radius 1 is 0.902 bits per heavy atom. The summed E-state index contributed by atoms with van der Waals surface area (Å²) >= 11 is 5.21. The number of likely N-dealkylation sites (N-methyl/N-ethyl adjacent to an activating group) is 1. The van der Waals surface area contributed by atoms with Crippen LogP contribution in [0.3, 0.4) is 0 Å². The van der Waals surface area contributed by atoms with Crippen LogP contribution in [0, 0.1) is 0 Å². The number of fused-ring (bicyclic) bond motifs is 2. The maximum Gasteiger partial charge on any atom is 0.257 e. The fourth-order valence-electron chi connectivity index (χ4n) is 8.67. The number of rotatable bonds is 17. The van der Waals surface area contributed by atoms with Gasteiger partial charge in [0, 0.05) is 84.8 Å². The van der Waals surface area contributed by atoms with Crippen LogP contribution in [0.2, 0.25) is 0 Å². The highest BCUT2D eigenvalue weighted by molar-refractivity contribution is 7.80. The number of aromatic nitrogens is 1. The molecular formula is C46H52F2N6O6S. The van der Waals surface area contributed by atoms with E-state index in [4.69, 9.17) is 22.7 Å². The van der Waals surface area contributed by atoms with Gasteiger partial charge in [-0.05, 0) is 68.0 Å². The van der Waals surface area contributed by atoms with Gasteiger partial charge in [0.25, 0.3) is 17.7 Å². The molecule has 1 saturated heterocycles. The molecule has 1 unspecified atom stereocenters. The highest BCUT2D eigenvalue weighted by atomic mass is 32.1. The summed E-state index contributed by atoms with van der Waals surface area (Å²) in [4.78, 5) is 66.2. The number of nitrogens with one attached hydrogen (secondary N) is 2. The molecule has 2 fully saturated rings. The second-order valence-electron chi connectivity index (χ2n) is 16.3. The molecule has 0 bridgehead atoms. The highest BCUT2D eigenvalue weighted by Gasteiger charge is 2.42. The summed E-state index contributed by atoms with van der Waals surface area (Å²) in [5.41, 5.74) is 11.1. The zero-order valence-corrected chi connectivity index (χ0v) is 35.2. The van der Waals surface area contributed by atoms with Crippen molar-refractivity contribution in [1.82, 2.24) is 19.7 Å². The lowest BCUT2D eigenvalue weighted by molar-refractivity contribution is -0.150. The number of hydrogen-bond donors (Lipinski definition) is 3. The molecule has 3 aromatic carbocycles. The predicted octanol–water partition coefficient (Wildman–Crippen LogP) is 7.66. The first-order valence-corrected chi connectivity index (χ1v) is 21.6. The van der Waals surface area contributed by atoms with E-state index >= 15 is 0 Å². The average Bonchev–Trinajstić information content (AvgIpc) is 3.79. The first-order valence-electron chi connectivity index (χ1n) is 21.1. The molecule has 2 aliphatic heterocycles. The van der Waals surface area contributed by atoms with Crippen molar-refractivity contribution in [2.75, 3.05) is 25.5 Å². The molecule has 5 amide bonds. The van der Waals surface area contributed by atoms with Gasteiger partial charge in [0.15, 0.2) is 6.61 Å². The van der Waals surface area contributed by atoms with Crippen LogP contribution in [0.15, 0.2) is 66.9 Å². The lowest BCUT2D eigenvalue weighted by atomic mass is 9.92. The normalized spacial score (nSPS) is 17.8. The first-order chi connectivity index (χ1) is 29.3. The number of alkyl halides is 2. The standard InChI is InChI=1S/C46H52F2N6O6S/c1-52-42(57)18-17-37(45(52)59)54-27-36-34(44(54)58)12-9-13-39(36)60-28-41(56)50-23-7-5-3-2-4-6-14-40(55)51-31-15-16-33-35(29-10-8-11-30(24-29)43(49)61)26-53(38(33)25-31)32-19-21-46(47,48)22-20-32/h8-13,15-16,24-26,32,37H,2-7,14,17-23,27-28H2,1H3,(H2,49,61)(H,50,56)(H,51,55). The van der Waals surface area contributed by atoms with Gasteiger partial charge in [-0.3, -0.25) is 28.9 Å². The summed E-state index contributed by atoms with van der Waals surface area (Å²) in [6.07, 6.45) is 8.52. The van der Waals surface area contributed by atoms with E-state index in [0.29, 0.717) is 53.4 Å². The average molecular weight is 855 g/mol. The van der Waals surface area contributed by atoms with E-state index in [1.54, 1.807) is 18.2 Å². The minimum atomic E-state index is -2.65. The Bertz CT molecular complexity index is 2340. The minimum absolute atomic E-state index is 0.0849. The van der Waals surface area contributed by atoms with Gasteiger partial charge in [-0.1, -0.05) is 68.2 Å². The Balaban J connectivity index is 0.817. The summed E-state index contributed by atoms with van der Waals surface area (Å²) in [6, 6.07) is 17.7. The molecule has 3 aliphatic rings. The van der Waals surface area contributed by atoms with Crippen molar-refractivity contribution in [2.45, 2.75) is 108 Å². The molecule has 0 radical (unpaired) electrons. The smallest absolute Gasteiger partial charge is 0.257 e. The molecule has 1 aliphatic carbocycles. The molecule has 0 spiro atoms. The Labute approximate surface area is 359 Å². The Kier molecular flexibility index (Phi) is 13.5. The number of piperidine rings is 1. The molecule has 4 N–H and O–H groups in total. The third kappa shape index (κ3) is 10.1. The van der Waals surface area contributed by atoms with Gasteiger partial charge in [-0.25, -0.2) is 8.78 Å². The number of carbonyl (C=O) groups is 5. The summed E-state index contributed by atoms with van der Waals surface area (Å²) in [7, 11) is 1.43. The quantitative estimate of drug-likeness (QED) is 0.0556. The van der Waals surface area contributed by atoms with Gasteiger partial charge in [-0.2, -0.15) is 0 Å². The zero-order chi connectivity index (χ0) is 43.3. The van der Waals surface area contributed by atoms with E-state index in [0.717, 1.165) is 71.0 Å². The number of carbonyl (C=O) groups excluding carboxylic acids is 5. The van der Waals surface area contributed by atoms with Crippen LogP contribution in [0.5, 0.6) is 5.75 Å². The highest BCUT2D eigenvalue weighted by Crippen LogP contribution is 2.42. The van der Waals surface area contributed by atoms with Crippen LogP contribution < -0.4 is 21.1 Å². The minimum Gasteiger partial charge on any atom is -0.483 e. The fourth-order valence-corrected chi connectivity index (χ4v) is 8.79. The van der Waals surface area contributed by atoms with Gasteiger partial charge < -0.3 is 30.6 Å². The first kappa shape index (κ1) is 43.4. The molecule has 61 heavy (non-hydrogen) atoms. The molecule has 4 aromatic rings. The van der Waals surface area contributed by atoms with Crippen molar-refractivity contribution in [1.29, 1.82) is 0 Å². The predicted molar refractivity (Wildman–Crippen MR) is 232 cm³/mol. The zero-order valence-electron chi connectivity index (χ0n) is 34.4. The Morgan fingerprint density at radius 3 is 2.41 bits per heavy atom. The maximum atomic E-state index is 14.1. The SMILES string of the molecule is CN1C(=O)CCC(N2Cc3c(OCC(=O)NCCCCCCCCC(=O)Nc4ccc5c(-c6cccc(C(N)=S)c6)cn(C6CCC(F)(F)CC6)c5c4)cccc3C2=O)C1=O. The van der Waals surface area contributed by atoms with Crippen molar-refractivity contribution in [3.05, 3.63) is 83.6 Å². The lowest BCUT2D eigenvalue weighted by Gasteiger charge is -2.33. The number of hydrogen-bond acceptors (Lipinski definition) is 7. The number of anilines is 1. The van der Waals surface area contributed by atoms with Crippen LogP contribution >= 0.6 is 12.2 Å². The number of amides is 5. The third-order valence-corrected chi connectivity index (χ3v) is 12.4. The van der Waals surface area contributed by atoms with E-state index in [2.05, 4.69) is 15.2 Å². The third-order valence-electron chi connectivity index (χ3n) is 12.1. The molecule has 3 heterocycles. The summed E-state index contributed by atoms with van der Waals surface area (Å²) in [5.74, 6) is -3.55. The van der Waals surface area contributed by atoms with Crippen molar-refractivity contribution < 1.29 is 37.5 Å². The van der Waals surface area contributed by atoms with Crippen LogP contribution in [0.1, 0.15) is 111 Å². The number of nitrogens with two attached hydrogens (primary N) is 1. The second kappa shape index (κ2) is 18.9. The van der Waals surface area contributed by atoms with E-state index < -0.39 is 17.9 Å². The summed E-state index contributed by atoms with van der Waals surface area (Å²) < 4.78 is 36.1. The number of unbranched alkanes of at least 4 members (excludes halogenated alkanes) is 5. The van der Waals surface area contributed by atoms with Crippen molar-refractivity contribution in [2.24, 2.45) is 5.73 Å². The van der Waals surface area contributed by atoms with Crippen LogP contribution in [-0.2, 0) is 25.7 Å². The van der Waals surface area contributed by atoms with Gasteiger partial charge >= 0.3 is 0 Å². The molecule has 1 aromatic heterocycles. The monoisotopic (exact) mass is 854 g/mol. The number of halogens is 2. The summed E-state index contributed by atoms with van der Waals surface area (Å²) in [5, 5.41) is 6.87. The number of thiocarbonyl (C=S) groups is 1. The molecule has 322 valence electrons. The van der Waals surface area contributed by atoms with Crippen molar-refractivity contribution in [3.8, 4) is 16.9 Å². The Hall–Kier alpha value is -5.70. The number of imide groups is 1. The van der Waals surface area contributed by atoms with E-state index in [9.17, 15) is 32.8 Å². The van der Waals surface area contributed by atoms with Crippen LogP contribution in [-0.4, -0.2) is 81.1 Å². The topological polar surface area (TPSA) is 156 Å². The molecule has 15 heteroatoms. The molecule has 7 rings (SSSR count). The van der Waals surface area contributed by atoms with E-state index in [1.807, 2.05) is 48.7 Å². The van der Waals surface area contributed by atoms with E-state index in [1.165, 1.54) is 11.9 Å². The lowest BCUT2D eigenvalue weighted by Crippen LogP contribution is -2.53.